The molecule has 1 aliphatic rings. The lowest BCUT2D eigenvalue weighted by molar-refractivity contribution is 0.329. The van der Waals surface area contributed by atoms with E-state index in [2.05, 4.69) is 38.1 Å². The summed E-state index contributed by atoms with van der Waals surface area (Å²) in [6.45, 7) is 4.66. The lowest BCUT2D eigenvalue weighted by Gasteiger charge is -2.09. The molecule has 1 aromatic carbocycles. The second-order valence-electron chi connectivity index (χ2n) is 4.67. The summed E-state index contributed by atoms with van der Waals surface area (Å²) < 4.78 is 0. The Labute approximate surface area is 91.4 Å². The van der Waals surface area contributed by atoms with Gasteiger partial charge in [0.05, 0.1) is 6.61 Å². The molecule has 0 spiro atoms. The fourth-order valence-corrected chi connectivity index (χ4v) is 2.31. The van der Waals surface area contributed by atoms with E-state index in [0.717, 1.165) is 12.8 Å². The average molecular weight is 202 g/mol. The Morgan fingerprint density at radius 1 is 1.27 bits per heavy atom. The number of allylic oxidation sites excluding steroid dienone is 1. The van der Waals surface area contributed by atoms with Gasteiger partial charge in [-0.05, 0) is 41.0 Å². The predicted octanol–water partition coefficient (Wildman–Crippen LogP) is 3.03. The van der Waals surface area contributed by atoms with Gasteiger partial charge in [0.25, 0.3) is 0 Å². The van der Waals surface area contributed by atoms with E-state index in [4.69, 9.17) is 0 Å². The number of hydrogen-bond acceptors (Lipinski definition) is 1. The van der Waals surface area contributed by atoms with E-state index in [1.54, 1.807) is 0 Å². The maximum Gasteiger partial charge on any atom is 0.0650 e. The maximum absolute atomic E-state index is 9.36. The maximum atomic E-state index is 9.36. The molecule has 1 nitrogen and oxygen atoms in total. The Morgan fingerprint density at radius 3 is 2.67 bits per heavy atom. The lowest BCUT2D eigenvalue weighted by Crippen LogP contribution is -1.95. The van der Waals surface area contributed by atoms with E-state index in [0.29, 0.717) is 5.92 Å². The Morgan fingerprint density at radius 2 is 2.00 bits per heavy atom. The van der Waals surface area contributed by atoms with E-state index < -0.39 is 0 Å². The number of benzene rings is 1. The summed E-state index contributed by atoms with van der Waals surface area (Å²) >= 11 is 0. The molecule has 0 aliphatic heterocycles. The van der Waals surface area contributed by atoms with Crippen molar-refractivity contribution in [2.45, 2.75) is 26.7 Å². The number of aliphatic hydroxyl groups excluding tert-OH is 1. The average Bonchev–Trinajstić information content (AvgIpc) is 2.56. The van der Waals surface area contributed by atoms with Gasteiger partial charge in [-0.1, -0.05) is 38.1 Å². The molecule has 0 saturated heterocycles. The minimum atomic E-state index is 0.205. The van der Waals surface area contributed by atoms with Crippen LogP contribution in [0.1, 0.15) is 31.4 Å². The molecule has 0 saturated carbocycles. The van der Waals surface area contributed by atoms with Crippen molar-refractivity contribution in [2.24, 2.45) is 5.92 Å². The van der Waals surface area contributed by atoms with Crippen LogP contribution in [0.4, 0.5) is 0 Å². The zero-order chi connectivity index (χ0) is 10.8. The number of fused-ring (bicyclic) bond motifs is 1. The van der Waals surface area contributed by atoms with Gasteiger partial charge in [0, 0.05) is 0 Å². The number of rotatable bonds is 3. The fraction of sp³-hybridized carbons (Fsp3) is 0.429. The molecule has 1 N–H and O–H groups in total. The summed E-state index contributed by atoms with van der Waals surface area (Å²) in [5, 5.41) is 9.36. The summed E-state index contributed by atoms with van der Waals surface area (Å²) in [5.41, 5.74) is 5.32. The molecule has 0 unspecified atom stereocenters. The molecular weight excluding hydrogens is 184 g/mol. The molecule has 0 aromatic heterocycles. The zero-order valence-electron chi connectivity index (χ0n) is 9.46. The van der Waals surface area contributed by atoms with Gasteiger partial charge < -0.3 is 5.11 Å². The molecule has 0 bridgehead atoms. The zero-order valence-corrected chi connectivity index (χ0v) is 9.46. The fourth-order valence-electron chi connectivity index (χ4n) is 2.31. The van der Waals surface area contributed by atoms with E-state index in [1.165, 1.54) is 22.3 Å². The molecular formula is C14H18O. The highest BCUT2D eigenvalue weighted by molar-refractivity contribution is 5.76. The third-order valence-corrected chi connectivity index (χ3v) is 2.98. The van der Waals surface area contributed by atoms with Crippen molar-refractivity contribution in [2.75, 3.05) is 6.61 Å². The van der Waals surface area contributed by atoms with Crippen molar-refractivity contribution in [1.82, 2.24) is 0 Å². The Kier molecular flexibility index (Phi) is 2.92. The highest BCUT2D eigenvalue weighted by Crippen LogP contribution is 2.36. The molecule has 0 radical (unpaired) electrons. The number of hydrogen-bond donors (Lipinski definition) is 1. The minimum Gasteiger partial charge on any atom is -0.392 e. The van der Waals surface area contributed by atoms with Crippen LogP contribution < -0.4 is 0 Å². The summed E-state index contributed by atoms with van der Waals surface area (Å²) in [4.78, 5) is 0. The molecule has 1 aliphatic carbocycles. The SMILES string of the molecule is CC(C)CC1=C(CO)Cc2ccccc21. The summed E-state index contributed by atoms with van der Waals surface area (Å²) in [5.74, 6) is 0.646. The van der Waals surface area contributed by atoms with Crippen molar-refractivity contribution in [1.29, 1.82) is 0 Å². The van der Waals surface area contributed by atoms with Gasteiger partial charge in [-0.25, -0.2) is 0 Å². The van der Waals surface area contributed by atoms with E-state index in [-0.39, 0.29) is 6.61 Å². The van der Waals surface area contributed by atoms with Gasteiger partial charge in [0.1, 0.15) is 0 Å². The first-order valence-electron chi connectivity index (χ1n) is 5.62. The van der Waals surface area contributed by atoms with Gasteiger partial charge in [0.2, 0.25) is 0 Å². The van der Waals surface area contributed by atoms with Crippen molar-refractivity contribution < 1.29 is 5.11 Å². The van der Waals surface area contributed by atoms with Crippen LogP contribution in [0.25, 0.3) is 5.57 Å². The van der Waals surface area contributed by atoms with Crippen LogP contribution in [0.5, 0.6) is 0 Å². The van der Waals surface area contributed by atoms with Crippen LogP contribution >= 0.6 is 0 Å². The molecule has 0 atom stereocenters. The molecule has 80 valence electrons. The standard InChI is InChI=1S/C14H18O/c1-10(2)7-14-12(9-15)8-11-5-3-4-6-13(11)14/h3-6,10,15H,7-9H2,1-2H3. The minimum absolute atomic E-state index is 0.205. The van der Waals surface area contributed by atoms with Crippen LogP contribution in [0.3, 0.4) is 0 Å². The highest BCUT2D eigenvalue weighted by atomic mass is 16.3. The van der Waals surface area contributed by atoms with E-state index in [9.17, 15) is 5.11 Å². The summed E-state index contributed by atoms with van der Waals surface area (Å²) in [6, 6.07) is 8.50. The topological polar surface area (TPSA) is 20.2 Å². The summed E-state index contributed by atoms with van der Waals surface area (Å²) in [6.07, 6.45) is 2.02. The second kappa shape index (κ2) is 4.19. The van der Waals surface area contributed by atoms with Crippen LogP contribution in [0.2, 0.25) is 0 Å². The van der Waals surface area contributed by atoms with Crippen LogP contribution in [-0.4, -0.2) is 11.7 Å². The highest BCUT2D eigenvalue weighted by Gasteiger charge is 2.20. The quantitative estimate of drug-likeness (QED) is 0.798. The first-order chi connectivity index (χ1) is 7.22. The summed E-state index contributed by atoms with van der Waals surface area (Å²) in [7, 11) is 0. The van der Waals surface area contributed by atoms with Crippen LogP contribution in [0, 0.1) is 5.92 Å². The first-order valence-corrected chi connectivity index (χ1v) is 5.62. The third kappa shape index (κ3) is 1.98. The van der Waals surface area contributed by atoms with Gasteiger partial charge in [-0.2, -0.15) is 0 Å². The van der Waals surface area contributed by atoms with Crippen LogP contribution in [-0.2, 0) is 6.42 Å². The molecule has 0 heterocycles. The normalized spacial score (nSPS) is 14.9. The van der Waals surface area contributed by atoms with Crippen molar-refractivity contribution >= 4 is 5.57 Å². The molecule has 0 amide bonds. The van der Waals surface area contributed by atoms with Crippen LogP contribution in [0.15, 0.2) is 29.8 Å². The van der Waals surface area contributed by atoms with Gasteiger partial charge >= 0.3 is 0 Å². The molecule has 0 fully saturated rings. The molecule has 1 aromatic rings. The van der Waals surface area contributed by atoms with Crippen molar-refractivity contribution in [3.8, 4) is 0 Å². The predicted molar refractivity (Wildman–Crippen MR) is 63.6 cm³/mol. The van der Waals surface area contributed by atoms with Gasteiger partial charge in [-0.3, -0.25) is 0 Å². The smallest absolute Gasteiger partial charge is 0.0650 e. The molecule has 15 heavy (non-hydrogen) atoms. The van der Waals surface area contributed by atoms with Crippen molar-refractivity contribution in [3.63, 3.8) is 0 Å². The molecule has 1 heteroatoms. The lowest BCUT2D eigenvalue weighted by atomic mass is 9.96. The van der Waals surface area contributed by atoms with Gasteiger partial charge in [0.15, 0.2) is 0 Å². The van der Waals surface area contributed by atoms with Gasteiger partial charge in [-0.15, -0.1) is 0 Å². The number of aliphatic hydroxyl groups is 1. The Bertz CT molecular complexity index is 388. The van der Waals surface area contributed by atoms with Crippen molar-refractivity contribution in [3.05, 3.63) is 41.0 Å². The first kappa shape index (κ1) is 10.4. The third-order valence-electron chi connectivity index (χ3n) is 2.98. The Hall–Kier alpha value is -1.08. The second-order valence-corrected chi connectivity index (χ2v) is 4.67. The largest absolute Gasteiger partial charge is 0.392 e. The van der Waals surface area contributed by atoms with E-state index in [1.807, 2.05) is 0 Å². The monoisotopic (exact) mass is 202 g/mol. The Balaban J connectivity index is 2.37. The molecule has 2 rings (SSSR count). The van der Waals surface area contributed by atoms with E-state index >= 15 is 0 Å².